The van der Waals surface area contributed by atoms with Gasteiger partial charge in [-0.2, -0.15) is 13.2 Å². The van der Waals surface area contributed by atoms with Gasteiger partial charge >= 0.3 is 6.18 Å². The molecule has 1 N–H and O–H groups in total. The van der Waals surface area contributed by atoms with Crippen molar-refractivity contribution in [1.82, 2.24) is 4.31 Å². The third kappa shape index (κ3) is 5.48. The fraction of sp³-hybridized carbons (Fsp3) is 0.208. The molecule has 0 unspecified atom stereocenters. The van der Waals surface area contributed by atoms with Gasteiger partial charge in [-0.1, -0.05) is 55.8 Å². The molecule has 0 aliphatic carbocycles. The van der Waals surface area contributed by atoms with Crippen LogP contribution in [-0.2, 0) is 23.9 Å². The van der Waals surface area contributed by atoms with E-state index in [0.717, 1.165) is 37.2 Å². The van der Waals surface area contributed by atoms with E-state index in [-0.39, 0.29) is 5.91 Å². The van der Waals surface area contributed by atoms with E-state index >= 15 is 0 Å². The Labute approximate surface area is 185 Å². The lowest BCUT2D eigenvalue weighted by Gasteiger charge is -2.24. The highest BCUT2D eigenvalue weighted by Gasteiger charge is 2.30. The van der Waals surface area contributed by atoms with E-state index in [0.29, 0.717) is 22.4 Å². The summed E-state index contributed by atoms with van der Waals surface area (Å²) in [6.45, 7) is 6.95. The Balaban J connectivity index is 1.84. The number of nitrogens with zero attached hydrogens (tertiary/aromatic N) is 1. The molecule has 0 saturated heterocycles. The lowest BCUT2D eigenvalue weighted by molar-refractivity contribution is -0.137. The summed E-state index contributed by atoms with van der Waals surface area (Å²) in [5.74, 6) is -0.345. The average molecular weight is 445 g/mol. The highest BCUT2D eigenvalue weighted by atomic mass is 32.1. The average Bonchev–Trinajstić information content (AvgIpc) is 2.73. The van der Waals surface area contributed by atoms with Crippen molar-refractivity contribution in [2.45, 2.75) is 26.1 Å². The van der Waals surface area contributed by atoms with E-state index in [1.807, 2.05) is 22.5 Å². The first-order valence-corrected chi connectivity index (χ1v) is 10.2. The number of hydrogen-bond donors (Lipinski definition) is 2. The molecule has 2 aromatic carbocycles. The zero-order valence-electron chi connectivity index (χ0n) is 17.0. The van der Waals surface area contributed by atoms with Gasteiger partial charge in [0.15, 0.2) is 0 Å². The maximum atomic E-state index is 13.0. The molecule has 3 rings (SSSR count). The maximum absolute atomic E-state index is 13.0. The minimum atomic E-state index is -4.42. The zero-order chi connectivity index (χ0) is 22.6. The van der Waals surface area contributed by atoms with Crippen LogP contribution in [-0.4, -0.2) is 16.8 Å². The second kappa shape index (κ2) is 9.58. The number of rotatable bonds is 5. The quantitative estimate of drug-likeness (QED) is 0.334. The van der Waals surface area contributed by atoms with Crippen LogP contribution >= 0.6 is 12.8 Å². The molecular formula is C24H23F3N2OS. The van der Waals surface area contributed by atoms with Crippen molar-refractivity contribution in [3.8, 4) is 0 Å². The molecule has 1 amide bonds. The van der Waals surface area contributed by atoms with E-state index in [4.69, 9.17) is 0 Å². The lowest BCUT2D eigenvalue weighted by Crippen LogP contribution is -2.22. The smallest absolute Gasteiger partial charge is 0.322 e. The molecule has 31 heavy (non-hydrogen) atoms. The van der Waals surface area contributed by atoms with Crippen LogP contribution in [0.5, 0.6) is 0 Å². The molecule has 3 nitrogen and oxygen atoms in total. The van der Waals surface area contributed by atoms with Crippen LogP contribution in [0.3, 0.4) is 0 Å². The molecule has 0 radical (unpaired) electrons. The third-order valence-corrected chi connectivity index (χ3v) is 5.43. The summed E-state index contributed by atoms with van der Waals surface area (Å²) in [4.78, 5) is 13.0. The van der Waals surface area contributed by atoms with Gasteiger partial charge < -0.3 is 5.32 Å². The first-order valence-electron chi connectivity index (χ1n) is 9.77. The summed E-state index contributed by atoms with van der Waals surface area (Å²) in [5, 5.41) is 2.90. The second-order valence-corrected chi connectivity index (χ2v) is 7.73. The van der Waals surface area contributed by atoms with Gasteiger partial charge in [0.05, 0.1) is 5.56 Å². The van der Waals surface area contributed by atoms with Gasteiger partial charge in [0.25, 0.3) is 5.91 Å². The molecule has 1 aliphatic heterocycles. The van der Waals surface area contributed by atoms with Crippen molar-refractivity contribution in [3.05, 3.63) is 95.1 Å². The highest BCUT2D eigenvalue weighted by Crippen LogP contribution is 2.32. The molecule has 7 heteroatoms. The van der Waals surface area contributed by atoms with Crippen LogP contribution in [0, 0.1) is 0 Å². The van der Waals surface area contributed by atoms with Gasteiger partial charge in [-0.3, -0.25) is 4.79 Å². The summed E-state index contributed by atoms with van der Waals surface area (Å²) in [5.41, 5.74) is 3.59. The van der Waals surface area contributed by atoms with Crippen molar-refractivity contribution in [2.24, 2.45) is 0 Å². The molecule has 162 valence electrons. The highest BCUT2D eigenvalue weighted by molar-refractivity contribution is 7.77. The minimum Gasteiger partial charge on any atom is -0.322 e. The van der Waals surface area contributed by atoms with Gasteiger partial charge in [0, 0.05) is 24.4 Å². The van der Waals surface area contributed by atoms with E-state index in [9.17, 15) is 18.0 Å². The van der Waals surface area contributed by atoms with Gasteiger partial charge in [-0.25, -0.2) is 4.31 Å². The molecule has 0 atom stereocenters. The normalized spacial score (nSPS) is 15.4. The fourth-order valence-corrected chi connectivity index (χ4v) is 3.77. The van der Waals surface area contributed by atoms with Crippen molar-refractivity contribution in [1.29, 1.82) is 0 Å². The zero-order valence-corrected chi connectivity index (χ0v) is 17.9. The van der Waals surface area contributed by atoms with Crippen LogP contribution in [0.1, 0.15) is 29.2 Å². The number of amides is 1. The predicted octanol–water partition coefficient (Wildman–Crippen LogP) is 6.06. The number of carbonyl (C=O) groups is 1. The standard InChI is InChI=1S/C24H23F3N2OS/c1-3-5-22(16-6-9-19(10-7-16)24(25,26)27)21(4-2)23(30)28-20-11-8-18-15-29(31)13-12-17(18)14-20/h3-11,14,31H,1,12-13,15H2,2H3,(H,28,30)/b21-4+,22-5-. The van der Waals surface area contributed by atoms with Crippen LogP contribution in [0.15, 0.2) is 72.8 Å². The Morgan fingerprint density at radius 3 is 2.48 bits per heavy atom. The fourth-order valence-electron chi connectivity index (χ4n) is 3.52. The molecule has 2 aromatic rings. The molecule has 0 bridgehead atoms. The van der Waals surface area contributed by atoms with Crippen LogP contribution in [0.25, 0.3) is 5.57 Å². The van der Waals surface area contributed by atoms with Gasteiger partial charge in [0.1, 0.15) is 0 Å². The van der Waals surface area contributed by atoms with E-state index in [1.54, 1.807) is 19.1 Å². The lowest BCUT2D eigenvalue weighted by atomic mass is 9.95. The molecule has 0 fully saturated rings. The van der Waals surface area contributed by atoms with Crippen molar-refractivity contribution < 1.29 is 18.0 Å². The molecule has 1 aliphatic rings. The Bertz CT molecular complexity index is 1040. The number of nitrogens with one attached hydrogen (secondary N) is 1. The number of benzene rings is 2. The monoisotopic (exact) mass is 444 g/mol. The maximum Gasteiger partial charge on any atom is 0.416 e. The molecule has 0 aromatic heterocycles. The Morgan fingerprint density at radius 1 is 1.16 bits per heavy atom. The number of anilines is 1. The Kier molecular flexibility index (Phi) is 7.08. The minimum absolute atomic E-state index is 0.345. The number of allylic oxidation sites excluding steroid dienone is 3. The number of carbonyl (C=O) groups excluding carboxylic acids is 1. The summed E-state index contributed by atoms with van der Waals surface area (Å²) >= 11 is 4.39. The summed E-state index contributed by atoms with van der Waals surface area (Å²) in [7, 11) is 0. The van der Waals surface area contributed by atoms with Crippen molar-refractivity contribution in [2.75, 3.05) is 11.9 Å². The molecule has 0 spiro atoms. The first-order chi connectivity index (χ1) is 14.7. The number of fused-ring (bicyclic) bond motifs is 1. The van der Waals surface area contributed by atoms with Gasteiger partial charge in [0.2, 0.25) is 0 Å². The number of thiol groups is 1. The van der Waals surface area contributed by atoms with Crippen molar-refractivity contribution >= 4 is 30.0 Å². The van der Waals surface area contributed by atoms with Gasteiger partial charge in [-0.05, 0) is 59.9 Å². The largest absolute Gasteiger partial charge is 0.416 e. The van der Waals surface area contributed by atoms with Crippen LogP contribution in [0.4, 0.5) is 18.9 Å². The number of alkyl halides is 3. The third-order valence-electron chi connectivity index (χ3n) is 5.09. The summed E-state index contributed by atoms with van der Waals surface area (Å²) < 4.78 is 40.6. The SMILES string of the molecule is C=C/C=C(\C(=C/C)C(=O)Nc1ccc2c(c1)CCN(S)C2)c1ccc(C(F)(F)F)cc1. The Hall–Kier alpha value is -2.77. The number of halogens is 3. The topological polar surface area (TPSA) is 32.3 Å². The van der Waals surface area contributed by atoms with E-state index in [1.165, 1.54) is 23.8 Å². The van der Waals surface area contributed by atoms with Crippen LogP contribution < -0.4 is 5.32 Å². The second-order valence-electron chi connectivity index (χ2n) is 7.17. The molecule has 1 heterocycles. The van der Waals surface area contributed by atoms with Gasteiger partial charge in [-0.15, -0.1) is 0 Å². The summed E-state index contributed by atoms with van der Waals surface area (Å²) in [6, 6.07) is 10.5. The molecular weight excluding hydrogens is 421 g/mol. The molecule has 0 saturated carbocycles. The van der Waals surface area contributed by atoms with Crippen LogP contribution in [0.2, 0.25) is 0 Å². The van der Waals surface area contributed by atoms with Crippen molar-refractivity contribution in [3.63, 3.8) is 0 Å². The number of hydrogen-bond acceptors (Lipinski definition) is 3. The van der Waals surface area contributed by atoms with E-state index < -0.39 is 11.7 Å². The van der Waals surface area contributed by atoms with E-state index in [2.05, 4.69) is 24.7 Å². The summed E-state index contributed by atoms with van der Waals surface area (Å²) in [6.07, 6.45) is 1.18. The predicted molar refractivity (Wildman–Crippen MR) is 122 cm³/mol. The first kappa shape index (κ1) is 22.9. The Morgan fingerprint density at radius 2 is 1.87 bits per heavy atom.